The molecule has 34 heavy (non-hydrogen) atoms. The molecule has 164 valence electrons. The molecule has 0 aliphatic heterocycles. The zero-order chi connectivity index (χ0) is 23.1. The van der Waals surface area contributed by atoms with Crippen molar-refractivity contribution < 1.29 is 10.2 Å². The minimum atomic E-state index is 0.209. The summed E-state index contributed by atoms with van der Waals surface area (Å²) in [4.78, 5) is 0. The van der Waals surface area contributed by atoms with E-state index in [1.165, 1.54) is 5.39 Å². The van der Waals surface area contributed by atoms with Crippen molar-refractivity contribution in [2.45, 2.75) is 0 Å². The number of hydrogen-bond donors (Lipinski definition) is 6. The predicted molar refractivity (Wildman–Crippen MR) is 144 cm³/mol. The number of aromatic amines is 2. The topological polar surface area (TPSA) is 124 Å². The number of phenols is 2. The summed E-state index contributed by atoms with van der Waals surface area (Å²) >= 11 is 0. The maximum Gasteiger partial charge on any atom is 0.115 e. The van der Waals surface area contributed by atoms with Crippen molar-refractivity contribution >= 4 is 70.9 Å². The van der Waals surface area contributed by atoms with Crippen LogP contribution in [0.3, 0.4) is 0 Å². The molecule has 0 fully saturated rings. The second-order valence-electron chi connectivity index (χ2n) is 8.51. The van der Waals surface area contributed by atoms with E-state index >= 15 is 0 Å². The maximum atomic E-state index is 9.76. The summed E-state index contributed by atoms with van der Waals surface area (Å²) in [7, 11) is 1.93. The molecule has 0 saturated heterocycles. The van der Waals surface area contributed by atoms with E-state index in [4.69, 9.17) is 11.5 Å². The van der Waals surface area contributed by atoms with Gasteiger partial charge in [-0.05, 0) is 47.5 Å². The number of H-pyrrole nitrogens is 2. The van der Waals surface area contributed by atoms with E-state index in [0.717, 1.165) is 76.4 Å². The Kier molecular flexibility index (Phi) is 3.88. The lowest BCUT2D eigenvalue weighted by Crippen LogP contribution is -1.97. The van der Waals surface area contributed by atoms with Gasteiger partial charge in [0.25, 0.3) is 0 Å². The molecular formula is C26H18N4O2P2. The Labute approximate surface area is 196 Å². The molecule has 7 aromatic rings. The van der Waals surface area contributed by atoms with Crippen LogP contribution in [0.15, 0.2) is 60.7 Å². The van der Waals surface area contributed by atoms with Gasteiger partial charge >= 0.3 is 0 Å². The molecule has 0 saturated carbocycles. The molecule has 0 atom stereocenters. The van der Waals surface area contributed by atoms with Crippen LogP contribution < -0.4 is 11.5 Å². The van der Waals surface area contributed by atoms with Gasteiger partial charge < -0.3 is 31.2 Å². The number of rotatable bonds is 2. The SMILES string of the molecule is Nc1cc(-c2ccc(O)cc2)c(N)c2c3p[nH]c4c(-c5ccc(O)cc5)cc5[nH]pc(c12)c5c43. The average Bonchev–Trinajstić information content (AvgIpc) is 3.45. The van der Waals surface area contributed by atoms with Crippen LogP contribution >= 0.6 is 16.7 Å². The van der Waals surface area contributed by atoms with Crippen molar-refractivity contribution in [3.63, 3.8) is 0 Å². The number of fused-ring (bicyclic) bond motifs is 3. The fourth-order valence-corrected chi connectivity index (χ4v) is 7.28. The molecule has 2 heterocycles. The van der Waals surface area contributed by atoms with Crippen molar-refractivity contribution in [1.82, 2.24) is 9.49 Å². The highest BCUT2D eigenvalue weighted by molar-refractivity contribution is 7.36. The molecule has 2 aromatic heterocycles. The van der Waals surface area contributed by atoms with Crippen molar-refractivity contribution in [1.29, 1.82) is 0 Å². The summed E-state index contributed by atoms with van der Waals surface area (Å²) in [6.07, 6.45) is 0. The summed E-state index contributed by atoms with van der Waals surface area (Å²) in [5, 5.41) is 26.1. The number of nitrogen functional groups attached to an aromatic ring is 2. The Balaban J connectivity index is 1.64. The predicted octanol–water partition coefficient (Wildman–Crippen LogP) is 7.46. The highest BCUT2D eigenvalue weighted by Crippen LogP contribution is 2.53. The summed E-state index contributed by atoms with van der Waals surface area (Å²) < 4.78 is 7.13. The van der Waals surface area contributed by atoms with E-state index in [1.54, 1.807) is 24.3 Å². The summed E-state index contributed by atoms with van der Waals surface area (Å²) in [5.41, 5.74) is 20.9. The monoisotopic (exact) mass is 480 g/mol. The van der Waals surface area contributed by atoms with Gasteiger partial charge in [0.05, 0.1) is 11.0 Å². The molecule has 8 N–H and O–H groups in total. The molecule has 0 amide bonds. The number of nitrogens with one attached hydrogen (secondary N) is 2. The molecule has 0 bridgehead atoms. The number of anilines is 2. The minimum Gasteiger partial charge on any atom is -0.508 e. The molecular weight excluding hydrogens is 462 g/mol. The van der Waals surface area contributed by atoms with Gasteiger partial charge in [-0.3, -0.25) is 0 Å². The van der Waals surface area contributed by atoms with E-state index in [2.05, 4.69) is 15.6 Å². The third kappa shape index (κ3) is 2.52. The fraction of sp³-hybridized carbons (Fsp3) is 0. The maximum absolute atomic E-state index is 9.76. The van der Waals surface area contributed by atoms with Crippen LogP contribution in [0.4, 0.5) is 11.4 Å². The Morgan fingerprint density at radius 1 is 0.618 bits per heavy atom. The molecule has 5 aromatic carbocycles. The minimum absolute atomic E-state index is 0.209. The van der Waals surface area contributed by atoms with Gasteiger partial charge in [-0.1, -0.05) is 24.3 Å². The normalized spacial score (nSPS) is 12.5. The van der Waals surface area contributed by atoms with E-state index in [9.17, 15) is 10.2 Å². The molecule has 8 heteroatoms. The standard InChI is InChI=1S/C26H18N4O2P2/c27-17-9-15(11-1-5-13(31)6-2-11)23(28)21-19(17)25-20-18(29-33-25)10-16(12-3-7-14(32)8-4-12)24-22(20)26(21)34-30-24/h1-10,29-32H,27-28H2. The number of aromatic hydroxyl groups is 2. The van der Waals surface area contributed by atoms with E-state index in [0.29, 0.717) is 11.4 Å². The highest BCUT2D eigenvalue weighted by Gasteiger charge is 2.23. The lowest BCUT2D eigenvalue weighted by Gasteiger charge is -2.15. The molecule has 0 aliphatic carbocycles. The Morgan fingerprint density at radius 2 is 1.21 bits per heavy atom. The lowest BCUT2D eigenvalue weighted by atomic mass is 9.92. The van der Waals surface area contributed by atoms with E-state index in [-0.39, 0.29) is 11.5 Å². The Bertz CT molecular complexity index is 1890. The second-order valence-corrected chi connectivity index (χ2v) is 10.3. The number of nitrogens with two attached hydrogens (primary N) is 2. The summed E-state index contributed by atoms with van der Waals surface area (Å²) in [5.74, 6) is 0.451. The number of phenolic OH excluding ortho intramolecular Hbond substituents is 2. The molecule has 0 unspecified atom stereocenters. The molecule has 0 radical (unpaired) electrons. The van der Waals surface area contributed by atoms with Crippen molar-refractivity contribution in [2.75, 3.05) is 11.5 Å². The van der Waals surface area contributed by atoms with Crippen LogP contribution in [0.1, 0.15) is 0 Å². The van der Waals surface area contributed by atoms with Crippen LogP contribution in [0.2, 0.25) is 0 Å². The first kappa shape index (κ1) is 19.5. The molecule has 6 nitrogen and oxygen atoms in total. The first-order chi connectivity index (χ1) is 16.5. The van der Waals surface area contributed by atoms with Crippen LogP contribution in [-0.2, 0) is 0 Å². The molecule has 0 spiro atoms. The van der Waals surface area contributed by atoms with Crippen molar-refractivity contribution in [2.24, 2.45) is 0 Å². The summed E-state index contributed by atoms with van der Waals surface area (Å²) in [6, 6.07) is 18.4. The second kappa shape index (κ2) is 6.77. The lowest BCUT2D eigenvalue weighted by molar-refractivity contribution is 0.475. The first-order valence-corrected chi connectivity index (χ1v) is 12.5. The smallest absolute Gasteiger partial charge is 0.115 e. The third-order valence-corrected chi connectivity index (χ3v) is 8.63. The Hall–Kier alpha value is -3.98. The summed E-state index contributed by atoms with van der Waals surface area (Å²) in [6.45, 7) is 0. The third-order valence-electron chi connectivity index (χ3n) is 6.60. The number of aromatic nitrogens is 2. The van der Waals surface area contributed by atoms with Gasteiger partial charge in [0.15, 0.2) is 0 Å². The van der Waals surface area contributed by atoms with Gasteiger partial charge in [-0.2, -0.15) is 0 Å². The fourth-order valence-electron chi connectivity index (χ4n) is 5.04. The van der Waals surface area contributed by atoms with Gasteiger partial charge in [0.2, 0.25) is 0 Å². The van der Waals surface area contributed by atoms with Crippen LogP contribution in [0.5, 0.6) is 11.5 Å². The highest BCUT2D eigenvalue weighted by atomic mass is 31.0. The van der Waals surface area contributed by atoms with E-state index in [1.807, 2.05) is 30.3 Å². The van der Waals surface area contributed by atoms with Gasteiger partial charge in [0.1, 0.15) is 11.5 Å². The van der Waals surface area contributed by atoms with Crippen LogP contribution in [-0.4, -0.2) is 19.7 Å². The first-order valence-electron chi connectivity index (χ1n) is 10.7. The number of hydrogen-bond acceptors (Lipinski definition) is 4. The molecule has 7 rings (SSSR count). The van der Waals surface area contributed by atoms with Gasteiger partial charge in [0, 0.05) is 71.0 Å². The Morgan fingerprint density at radius 3 is 1.88 bits per heavy atom. The van der Waals surface area contributed by atoms with Crippen molar-refractivity contribution in [3.8, 4) is 33.8 Å². The van der Waals surface area contributed by atoms with E-state index < -0.39 is 0 Å². The zero-order valence-corrected chi connectivity index (χ0v) is 19.5. The number of benzene rings is 5. The average molecular weight is 480 g/mol. The van der Waals surface area contributed by atoms with Crippen LogP contribution in [0, 0.1) is 0 Å². The van der Waals surface area contributed by atoms with Crippen LogP contribution in [0.25, 0.3) is 65.1 Å². The van der Waals surface area contributed by atoms with Gasteiger partial charge in [-0.15, -0.1) is 0 Å². The largest absolute Gasteiger partial charge is 0.508 e. The zero-order valence-electron chi connectivity index (χ0n) is 17.7. The quantitative estimate of drug-likeness (QED) is 0.113. The molecule has 0 aliphatic rings. The van der Waals surface area contributed by atoms with Crippen molar-refractivity contribution in [3.05, 3.63) is 60.7 Å². The van der Waals surface area contributed by atoms with Gasteiger partial charge in [-0.25, -0.2) is 0 Å².